The van der Waals surface area contributed by atoms with Crippen molar-refractivity contribution in [2.45, 2.75) is 20.3 Å². The van der Waals surface area contributed by atoms with Gasteiger partial charge in [-0.2, -0.15) is 0 Å². The second kappa shape index (κ2) is 4.57. The molecule has 0 atom stereocenters. The molecule has 18 heavy (non-hydrogen) atoms. The van der Waals surface area contributed by atoms with Gasteiger partial charge >= 0.3 is 0 Å². The minimum atomic E-state index is -0.608. The van der Waals surface area contributed by atoms with Crippen LogP contribution in [-0.2, 0) is 11.2 Å². The molecule has 1 heterocycles. The summed E-state index contributed by atoms with van der Waals surface area (Å²) in [6.45, 7) is 4.98. The van der Waals surface area contributed by atoms with E-state index in [4.69, 9.17) is 5.84 Å². The first-order valence-electron chi connectivity index (χ1n) is 5.98. The van der Waals surface area contributed by atoms with Gasteiger partial charge in [0.25, 0.3) is 0 Å². The summed E-state index contributed by atoms with van der Waals surface area (Å²) in [5.41, 5.74) is 3.57. The Balaban J connectivity index is 2.19. The number of benzene rings is 1. The van der Waals surface area contributed by atoms with Crippen molar-refractivity contribution in [3.63, 3.8) is 0 Å². The van der Waals surface area contributed by atoms with Crippen LogP contribution < -0.4 is 16.2 Å². The van der Waals surface area contributed by atoms with Crippen molar-refractivity contribution >= 4 is 11.6 Å². The molecule has 0 aliphatic carbocycles. The van der Waals surface area contributed by atoms with Crippen LogP contribution in [0.3, 0.4) is 0 Å². The molecule has 0 unspecified atom stereocenters. The molecule has 1 aromatic rings. The highest BCUT2D eigenvalue weighted by Crippen LogP contribution is 2.31. The molecule has 1 amide bonds. The third-order valence-corrected chi connectivity index (χ3v) is 3.37. The molecule has 3 N–H and O–H groups in total. The Morgan fingerprint density at radius 2 is 2.28 bits per heavy atom. The van der Waals surface area contributed by atoms with Crippen LogP contribution in [0.25, 0.3) is 0 Å². The first kappa shape index (κ1) is 12.8. The number of carbonyl (C=O) groups is 1. The molecule has 0 spiro atoms. The normalized spacial score (nSPS) is 14.6. The van der Waals surface area contributed by atoms with Gasteiger partial charge in [0.1, 0.15) is 5.82 Å². The molecule has 0 fully saturated rings. The Morgan fingerprint density at radius 3 is 2.94 bits per heavy atom. The minimum Gasteiger partial charge on any atom is -0.370 e. The van der Waals surface area contributed by atoms with E-state index < -0.39 is 5.41 Å². The molecule has 0 aromatic heterocycles. The molecule has 0 bridgehead atoms. The van der Waals surface area contributed by atoms with Gasteiger partial charge in [-0.05, 0) is 38.0 Å². The van der Waals surface area contributed by atoms with Crippen molar-refractivity contribution in [1.29, 1.82) is 0 Å². The van der Waals surface area contributed by atoms with Gasteiger partial charge in [0, 0.05) is 18.8 Å². The number of rotatable bonds is 3. The van der Waals surface area contributed by atoms with E-state index in [0.29, 0.717) is 6.54 Å². The first-order valence-corrected chi connectivity index (χ1v) is 5.98. The Hall–Kier alpha value is -1.62. The third kappa shape index (κ3) is 2.31. The van der Waals surface area contributed by atoms with E-state index in [2.05, 4.69) is 5.43 Å². The summed E-state index contributed by atoms with van der Waals surface area (Å²) in [6, 6.07) is 4.81. The number of amides is 1. The second-order valence-corrected chi connectivity index (χ2v) is 5.30. The van der Waals surface area contributed by atoms with Gasteiger partial charge in [-0.15, -0.1) is 0 Å². The van der Waals surface area contributed by atoms with Crippen LogP contribution in [0.4, 0.5) is 10.1 Å². The molecule has 0 radical (unpaired) electrons. The first-order chi connectivity index (χ1) is 8.44. The molecule has 0 saturated carbocycles. The van der Waals surface area contributed by atoms with Crippen molar-refractivity contribution in [3.8, 4) is 0 Å². The number of carbonyl (C=O) groups excluding carboxylic acids is 1. The van der Waals surface area contributed by atoms with E-state index in [1.54, 1.807) is 6.07 Å². The van der Waals surface area contributed by atoms with Crippen molar-refractivity contribution in [2.75, 3.05) is 18.0 Å². The standard InChI is InChI=1S/C13H18FN3O/c1-13(2,12(18)16-15)8-17-6-5-9-3-4-10(14)7-11(9)17/h3-4,7H,5-6,8,15H2,1-2H3,(H,16,18). The average Bonchev–Trinajstić information content (AvgIpc) is 2.70. The molecule has 0 saturated heterocycles. The lowest BCUT2D eigenvalue weighted by Crippen LogP contribution is -2.47. The van der Waals surface area contributed by atoms with E-state index in [1.807, 2.05) is 18.7 Å². The zero-order valence-electron chi connectivity index (χ0n) is 10.7. The fourth-order valence-corrected chi connectivity index (χ4v) is 2.33. The van der Waals surface area contributed by atoms with Crippen molar-refractivity contribution in [1.82, 2.24) is 5.43 Å². The highest BCUT2D eigenvalue weighted by atomic mass is 19.1. The fraction of sp³-hybridized carbons (Fsp3) is 0.462. The number of fused-ring (bicyclic) bond motifs is 1. The Bertz CT molecular complexity index is 473. The molecular weight excluding hydrogens is 233 g/mol. The number of hydrogen-bond acceptors (Lipinski definition) is 3. The maximum Gasteiger partial charge on any atom is 0.241 e. The quantitative estimate of drug-likeness (QED) is 0.482. The number of nitrogens with zero attached hydrogens (tertiary/aromatic N) is 1. The van der Waals surface area contributed by atoms with Gasteiger partial charge in [-0.25, -0.2) is 10.2 Å². The van der Waals surface area contributed by atoms with Crippen LogP contribution in [0.1, 0.15) is 19.4 Å². The van der Waals surface area contributed by atoms with Crippen LogP contribution in [0.15, 0.2) is 18.2 Å². The van der Waals surface area contributed by atoms with Crippen molar-refractivity contribution in [3.05, 3.63) is 29.6 Å². The van der Waals surface area contributed by atoms with E-state index in [-0.39, 0.29) is 11.7 Å². The van der Waals surface area contributed by atoms with Gasteiger partial charge < -0.3 is 4.90 Å². The molecule has 1 aliphatic rings. The number of halogens is 1. The lowest BCUT2D eigenvalue weighted by atomic mass is 9.92. The third-order valence-electron chi connectivity index (χ3n) is 3.37. The van der Waals surface area contributed by atoms with Gasteiger partial charge in [-0.1, -0.05) is 6.07 Å². The number of hydrazine groups is 1. The number of nitrogens with one attached hydrogen (secondary N) is 1. The van der Waals surface area contributed by atoms with Gasteiger partial charge in [-0.3, -0.25) is 10.2 Å². The highest BCUT2D eigenvalue weighted by Gasteiger charge is 2.32. The van der Waals surface area contributed by atoms with Crippen molar-refractivity contribution in [2.24, 2.45) is 11.3 Å². The van der Waals surface area contributed by atoms with Crippen LogP contribution in [0, 0.1) is 11.2 Å². The van der Waals surface area contributed by atoms with E-state index in [1.165, 1.54) is 12.1 Å². The van der Waals surface area contributed by atoms with E-state index in [9.17, 15) is 9.18 Å². The van der Waals surface area contributed by atoms with Crippen molar-refractivity contribution < 1.29 is 9.18 Å². The van der Waals surface area contributed by atoms with Crippen LogP contribution in [0.5, 0.6) is 0 Å². The zero-order valence-corrected chi connectivity index (χ0v) is 10.7. The SMILES string of the molecule is CC(C)(CN1CCc2ccc(F)cc21)C(=O)NN. The molecule has 4 nitrogen and oxygen atoms in total. The predicted molar refractivity (Wildman–Crippen MR) is 68.4 cm³/mol. The molecule has 2 rings (SSSR count). The highest BCUT2D eigenvalue weighted by molar-refractivity contribution is 5.82. The summed E-state index contributed by atoms with van der Waals surface area (Å²) in [5, 5.41) is 0. The average molecular weight is 251 g/mol. The van der Waals surface area contributed by atoms with Gasteiger partial charge in [0.2, 0.25) is 5.91 Å². The molecule has 98 valence electrons. The maximum atomic E-state index is 13.3. The Labute approximate surface area is 106 Å². The summed E-state index contributed by atoms with van der Waals surface area (Å²) in [7, 11) is 0. The lowest BCUT2D eigenvalue weighted by Gasteiger charge is -2.30. The van der Waals surface area contributed by atoms with Gasteiger partial charge in [0.05, 0.1) is 5.41 Å². The summed E-state index contributed by atoms with van der Waals surface area (Å²) < 4.78 is 13.3. The lowest BCUT2D eigenvalue weighted by molar-refractivity contribution is -0.128. The smallest absolute Gasteiger partial charge is 0.241 e. The Morgan fingerprint density at radius 1 is 1.56 bits per heavy atom. The topological polar surface area (TPSA) is 58.4 Å². The summed E-state index contributed by atoms with van der Waals surface area (Å²) in [6.07, 6.45) is 0.885. The maximum absolute atomic E-state index is 13.3. The molecule has 1 aromatic carbocycles. The van der Waals surface area contributed by atoms with Gasteiger partial charge in [0.15, 0.2) is 0 Å². The van der Waals surface area contributed by atoms with Crippen LogP contribution >= 0.6 is 0 Å². The monoisotopic (exact) mass is 251 g/mol. The number of nitrogens with two attached hydrogens (primary N) is 1. The molecule has 5 heteroatoms. The second-order valence-electron chi connectivity index (χ2n) is 5.30. The summed E-state index contributed by atoms with van der Waals surface area (Å²) >= 11 is 0. The number of hydrogen-bond donors (Lipinski definition) is 2. The molecular formula is C13H18FN3O. The van der Waals surface area contributed by atoms with E-state index >= 15 is 0 Å². The summed E-state index contributed by atoms with van der Waals surface area (Å²) in [4.78, 5) is 13.7. The van der Waals surface area contributed by atoms with E-state index in [0.717, 1.165) is 24.2 Å². The Kier molecular flexibility index (Phi) is 3.26. The number of anilines is 1. The van der Waals surface area contributed by atoms with Crippen LogP contribution in [-0.4, -0.2) is 19.0 Å². The summed E-state index contributed by atoms with van der Waals surface area (Å²) in [5.74, 6) is 4.71. The fourth-order valence-electron chi connectivity index (χ4n) is 2.33. The molecule has 1 aliphatic heterocycles. The van der Waals surface area contributed by atoms with Crippen LogP contribution in [0.2, 0.25) is 0 Å². The largest absolute Gasteiger partial charge is 0.370 e. The zero-order chi connectivity index (χ0) is 13.3. The minimum absolute atomic E-state index is 0.215. The predicted octanol–water partition coefficient (Wildman–Crippen LogP) is 1.20.